The Morgan fingerprint density at radius 2 is 1.24 bits per heavy atom. The van der Waals surface area contributed by atoms with Crippen LogP contribution in [0, 0.1) is 17.8 Å². The first-order valence-electron chi connectivity index (χ1n) is 25.9. The zero-order valence-electron chi connectivity index (χ0n) is 44.0. The SMILES string of the molecule is C[C@@H]1[C@H](O)[C@@H](C)\C=C/C=C\C=C/C=C\C=C/C=C\C=C\[C@H](O[C@H]2O[C@@H](C)[C@H](O)[C@@H](NCc3ccc(N(C)C)cc3)[C@H]2O)C[C@@H]2O[C@](O)(C[C@@H](O)[C@H](O)CC[C@@H](O)C[C@@H](O)C[C@@H](O)CC(=O)O[C@H]1C)C[C@H](O)[C@H]2C(=O)O. The standard InChI is InChI=1S/C56H84N2O17/c1-34-19-17-15-13-11-9-7-8-10-12-14-16-18-20-43(74-55-53(68)50(52(67)37(4)73-55)57-33-38-21-23-39(24-22-38)58(5)6)30-47-49(54(69)70)46(64)32-56(71,75-47)31-45(63)44(62)26-25-40(59)27-41(60)28-42(61)29-48(65)72-36(3)35(2)51(34)66/h7-24,34-37,40-47,49-53,55,57,59-64,66-68,71H,25-33H2,1-6H3,(H,69,70)/b8-7-,11-9-,12-10-,15-13-,16-14-,19-17-,20-18+/t34-,35-,36-,37-,40+,41+,42+,43-,44+,45+,46-,47-,49+,50+,51+,52-,53+,55+,56+/m0/s1. The minimum atomic E-state index is -2.37. The van der Waals surface area contributed by atoms with Gasteiger partial charge in [0.2, 0.25) is 0 Å². The Morgan fingerprint density at radius 1 is 0.680 bits per heavy atom. The van der Waals surface area contributed by atoms with E-state index in [1.807, 2.05) is 80.6 Å². The highest BCUT2D eigenvalue weighted by atomic mass is 16.7. The number of benzene rings is 1. The van der Waals surface area contributed by atoms with E-state index in [0.717, 1.165) is 11.3 Å². The molecule has 2 fully saturated rings. The molecule has 12 N–H and O–H groups in total. The molecule has 0 spiro atoms. The quantitative estimate of drug-likeness (QED) is 0.175. The van der Waals surface area contributed by atoms with E-state index in [2.05, 4.69) is 5.32 Å². The Morgan fingerprint density at radius 3 is 1.83 bits per heavy atom. The summed E-state index contributed by atoms with van der Waals surface area (Å²) in [5.74, 6) is -6.91. The first-order chi connectivity index (χ1) is 35.5. The van der Waals surface area contributed by atoms with Gasteiger partial charge in [0.25, 0.3) is 0 Å². The molecule has 0 amide bonds. The van der Waals surface area contributed by atoms with E-state index >= 15 is 0 Å². The lowest BCUT2D eigenvalue weighted by Crippen LogP contribution is -2.63. The van der Waals surface area contributed by atoms with E-state index in [9.17, 15) is 65.8 Å². The maximum Gasteiger partial charge on any atom is 0.311 e. The van der Waals surface area contributed by atoms with Crippen molar-refractivity contribution in [1.82, 2.24) is 5.32 Å². The van der Waals surface area contributed by atoms with Gasteiger partial charge in [-0.1, -0.05) is 111 Å². The number of aliphatic carboxylic acids is 1. The number of carboxylic acids is 1. The maximum absolute atomic E-state index is 12.7. The summed E-state index contributed by atoms with van der Waals surface area (Å²) in [6, 6.07) is 6.78. The third-order valence-electron chi connectivity index (χ3n) is 14.0. The number of nitrogens with zero attached hydrogens (tertiary/aromatic N) is 1. The van der Waals surface area contributed by atoms with Crippen molar-refractivity contribution in [2.24, 2.45) is 17.8 Å². The second kappa shape index (κ2) is 31.1. The van der Waals surface area contributed by atoms with Crippen LogP contribution in [-0.4, -0.2) is 180 Å². The van der Waals surface area contributed by atoms with Crippen molar-refractivity contribution < 1.29 is 84.7 Å². The lowest BCUT2D eigenvalue weighted by molar-refractivity contribution is -0.310. The van der Waals surface area contributed by atoms with Gasteiger partial charge in [0.05, 0.1) is 79.6 Å². The van der Waals surface area contributed by atoms with Gasteiger partial charge in [-0.2, -0.15) is 0 Å². The number of aliphatic hydroxyl groups excluding tert-OH is 9. The summed E-state index contributed by atoms with van der Waals surface area (Å²) >= 11 is 0. The molecular weight excluding hydrogens is 973 g/mol. The summed E-state index contributed by atoms with van der Waals surface area (Å²) in [6.07, 6.45) is 3.74. The van der Waals surface area contributed by atoms with Gasteiger partial charge < -0.3 is 85.3 Å². The van der Waals surface area contributed by atoms with Crippen molar-refractivity contribution >= 4 is 17.6 Å². The maximum atomic E-state index is 12.7. The molecule has 75 heavy (non-hydrogen) atoms. The lowest BCUT2D eigenvalue weighted by Gasteiger charge is -2.45. The summed E-state index contributed by atoms with van der Waals surface area (Å²) in [6.45, 7) is 7.11. The minimum Gasteiger partial charge on any atom is -0.481 e. The number of anilines is 1. The van der Waals surface area contributed by atoms with E-state index in [4.69, 9.17) is 18.9 Å². The molecule has 1 aromatic carbocycles. The van der Waals surface area contributed by atoms with Crippen molar-refractivity contribution in [3.05, 3.63) is 115 Å². The molecule has 0 aliphatic carbocycles. The van der Waals surface area contributed by atoms with Crippen LogP contribution in [-0.2, 0) is 35.1 Å². The van der Waals surface area contributed by atoms with Gasteiger partial charge in [-0.3, -0.25) is 9.59 Å². The molecule has 3 heterocycles. The Labute approximate surface area is 441 Å². The number of fused-ring (bicyclic) bond motifs is 2. The van der Waals surface area contributed by atoms with Crippen molar-refractivity contribution in [3.8, 4) is 0 Å². The van der Waals surface area contributed by atoms with Gasteiger partial charge in [-0.25, -0.2) is 0 Å². The van der Waals surface area contributed by atoms with E-state index in [1.165, 1.54) is 0 Å². The van der Waals surface area contributed by atoms with Crippen molar-refractivity contribution in [1.29, 1.82) is 0 Å². The predicted molar refractivity (Wildman–Crippen MR) is 280 cm³/mol. The molecule has 1 aromatic rings. The first-order valence-corrected chi connectivity index (χ1v) is 25.9. The van der Waals surface area contributed by atoms with Crippen LogP contribution in [0.15, 0.2) is 109 Å². The Hall–Kier alpha value is -4.42. The number of nitrogens with one attached hydrogen (secondary N) is 1. The molecule has 19 heteroatoms. The fourth-order valence-corrected chi connectivity index (χ4v) is 9.31. The number of cyclic esters (lactones) is 1. The van der Waals surface area contributed by atoms with Crippen LogP contribution in [0.25, 0.3) is 0 Å². The Bertz CT molecular complexity index is 2090. The smallest absolute Gasteiger partial charge is 0.311 e. The zero-order valence-corrected chi connectivity index (χ0v) is 44.0. The Kier molecular flexibility index (Phi) is 26.2. The number of allylic oxidation sites excluding steroid dienone is 12. The van der Waals surface area contributed by atoms with Crippen LogP contribution in [0.1, 0.15) is 84.6 Å². The second-order valence-corrected chi connectivity index (χ2v) is 20.5. The highest BCUT2D eigenvalue weighted by Crippen LogP contribution is 2.38. The van der Waals surface area contributed by atoms with Gasteiger partial charge in [0, 0.05) is 57.4 Å². The lowest BCUT2D eigenvalue weighted by atomic mass is 9.82. The number of hydrogen-bond donors (Lipinski definition) is 12. The van der Waals surface area contributed by atoms with Crippen LogP contribution in [0.5, 0.6) is 0 Å². The summed E-state index contributed by atoms with van der Waals surface area (Å²) in [5.41, 5.74) is 1.87. The molecule has 0 unspecified atom stereocenters. The third kappa shape index (κ3) is 20.8. The average Bonchev–Trinajstić information content (AvgIpc) is 3.33. The zero-order chi connectivity index (χ0) is 55.4. The number of carbonyl (C=O) groups excluding carboxylic acids is 1. The van der Waals surface area contributed by atoms with E-state index in [-0.39, 0.29) is 44.6 Å². The summed E-state index contributed by atoms with van der Waals surface area (Å²) in [4.78, 5) is 27.4. The number of aliphatic hydroxyl groups is 10. The molecular formula is C56H84N2O17. The molecule has 3 aliphatic heterocycles. The number of carbonyl (C=O) groups is 2. The molecule has 420 valence electrons. The number of carboxylic acid groups (broad SMARTS) is 1. The van der Waals surface area contributed by atoms with Crippen LogP contribution in [0.2, 0.25) is 0 Å². The number of esters is 1. The summed E-state index contributed by atoms with van der Waals surface area (Å²) in [7, 11) is 3.85. The third-order valence-corrected chi connectivity index (χ3v) is 14.0. The number of rotatable bonds is 7. The van der Waals surface area contributed by atoms with Gasteiger partial charge in [0.15, 0.2) is 12.1 Å². The minimum absolute atomic E-state index is 0.144. The Balaban J connectivity index is 1.58. The molecule has 2 bridgehead atoms. The monoisotopic (exact) mass is 1060 g/mol. The first kappa shape index (κ1) is 63.1. The van der Waals surface area contributed by atoms with Crippen LogP contribution in [0.3, 0.4) is 0 Å². The normalized spacial score (nSPS) is 40.9. The molecule has 0 saturated carbocycles. The van der Waals surface area contributed by atoms with Gasteiger partial charge in [0.1, 0.15) is 18.1 Å². The largest absolute Gasteiger partial charge is 0.481 e. The molecule has 2 saturated heterocycles. The fraction of sp³-hybridized carbons (Fsp3) is 0.607. The fourth-order valence-electron chi connectivity index (χ4n) is 9.31. The molecule has 0 aromatic heterocycles. The van der Waals surface area contributed by atoms with E-state index in [0.29, 0.717) is 0 Å². The highest BCUT2D eigenvalue weighted by molar-refractivity contribution is 5.71. The average molecular weight is 1060 g/mol. The summed E-state index contributed by atoms with van der Waals surface area (Å²) < 4.78 is 23.9. The van der Waals surface area contributed by atoms with Gasteiger partial charge in [-0.05, 0) is 57.2 Å². The number of ether oxygens (including phenoxy) is 4. The molecule has 19 atom stereocenters. The van der Waals surface area contributed by atoms with Crippen molar-refractivity contribution in [2.45, 2.75) is 183 Å². The highest BCUT2D eigenvalue weighted by Gasteiger charge is 2.51. The van der Waals surface area contributed by atoms with Crippen molar-refractivity contribution in [3.63, 3.8) is 0 Å². The second-order valence-electron chi connectivity index (χ2n) is 20.5. The molecule has 19 nitrogen and oxygen atoms in total. The molecule has 4 rings (SSSR count). The predicted octanol–water partition coefficient (Wildman–Crippen LogP) is 2.61. The van der Waals surface area contributed by atoms with Crippen molar-refractivity contribution in [2.75, 3.05) is 19.0 Å². The summed E-state index contributed by atoms with van der Waals surface area (Å²) in [5, 5.41) is 124. The number of hydrogen-bond acceptors (Lipinski definition) is 18. The van der Waals surface area contributed by atoms with Crippen LogP contribution < -0.4 is 10.2 Å². The van der Waals surface area contributed by atoms with Gasteiger partial charge in [-0.15, -0.1) is 0 Å². The molecule has 3 aliphatic rings. The van der Waals surface area contributed by atoms with Crippen LogP contribution >= 0.6 is 0 Å². The van der Waals surface area contributed by atoms with E-state index in [1.54, 1.807) is 75.5 Å². The van der Waals surface area contributed by atoms with Crippen LogP contribution in [0.4, 0.5) is 5.69 Å². The molecule has 0 radical (unpaired) electrons. The van der Waals surface area contributed by atoms with Gasteiger partial charge >= 0.3 is 11.9 Å². The topological polar surface area (TPSA) is 309 Å². The van der Waals surface area contributed by atoms with E-state index < -0.39 is 141 Å².